The minimum Gasteiger partial charge on any atom is -0.455 e. The highest BCUT2D eigenvalue weighted by molar-refractivity contribution is 7.25. The van der Waals surface area contributed by atoms with Gasteiger partial charge in [0.2, 0.25) is 0 Å². The van der Waals surface area contributed by atoms with Gasteiger partial charge in [0, 0.05) is 53.8 Å². The van der Waals surface area contributed by atoms with E-state index in [0.717, 1.165) is 27.5 Å². The Balaban J connectivity index is 1.28. The van der Waals surface area contributed by atoms with Crippen molar-refractivity contribution < 1.29 is 4.42 Å². The fourth-order valence-electron chi connectivity index (χ4n) is 5.37. The number of hydrogen-bond acceptors (Lipinski definition) is 2. The third-order valence-corrected chi connectivity index (χ3v) is 8.20. The molecule has 0 bridgehead atoms. The van der Waals surface area contributed by atoms with Gasteiger partial charge in [0.25, 0.3) is 0 Å². The Morgan fingerprint density at radius 1 is 0.600 bits per heavy atom. The van der Waals surface area contributed by atoms with Gasteiger partial charge in [-0.05, 0) is 54.1 Å². The molecule has 0 fully saturated rings. The molecule has 3 heteroatoms. The highest BCUT2D eigenvalue weighted by Gasteiger charge is 2.13. The first-order valence-corrected chi connectivity index (χ1v) is 12.6. The lowest BCUT2D eigenvalue weighted by Crippen LogP contribution is -1.91. The van der Waals surface area contributed by atoms with Crippen LogP contribution < -0.4 is 0 Å². The number of aromatic nitrogens is 1. The van der Waals surface area contributed by atoms with E-state index in [-0.39, 0.29) is 0 Å². The largest absolute Gasteiger partial charge is 0.455 e. The van der Waals surface area contributed by atoms with Crippen molar-refractivity contribution in [3.63, 3.8) is 0 Å². The van der Waals surface area contributed by atoms with Gasteiger partial charge in [-0.1, -0.05) is 60.7 Å². The predicted octanol–water partition coefficient (Wildman–Crippen LogP) is 9.56. The summed E-state index contributed by atoms with van der Waals surface area (Å²) in [6.45, 7) is 0. The highest BCUT2D eigenvalue weighted by atomic mass is 32.1. The molecule has 5 aromatic carbocycles. The van der Waals surface area contributed by atoms with Crippen LogP contribution in [0.25, 0.3) is 69.8 Å². The molecule has 0 amide bonds. The monoisotopic (exact) mass is 465 g/mol. The summed E-state index contributed by atoms with van der Waals surface area (Å²) >= 11 is 1.85. The number of thiophene rings is 1. The van der Waals surface area contributed by atoms with E-state index in [0.29, 0.717) is 0 Å². The minimum absolute atomic E-state index is 0.929. The minimum atomic E-state index is 0.929. The molecule has 0 atom stereocenters. The Hall–Kier alpha value is -4.34. The molecule has 0 aliphatic rings. The molecule has 0 unspecified atom stereocenters. The lowest BCUT2D eigenvalue weighted by Gasteiger charge is -2.08. The number of rotatable bonds is 2. The summed E-state index contributed by atoms with van der Waals surface area (Å²) in [6, 6.07) is 39.0. The molecule has 0 aliphatic heterocycles. The van der Waals surface area contributed by atoms with E-state index in [1.165, 1.54) is 42.3 Å². The normalized spacial score (nSPS) is 12.0. The summed E-state index contributed by atoms with van der Waals surface area (Å²) < 4.78 is 11.2. The molecule has 0 N–H and O–H groups in total. The molecular formula is C32H19NOS. The SMILES string of the molecule is c1ccc2c(c1)oc1c(-c3ccc4c(ccn4-c4ccc5sc6ccccc6c5c4)c3)cccc12. The number of furan rings is 1. The second-order valence-corrected chi connectivity index (χ2v) is 10.1. The Bertz CT molecular complexity index is 2070. The summed E-state index contributed by atoms with van der Waals surface area (Å²) in [5.74, 6) is 0. The van der Waals surface area contributed by atoms with E-state index in [2.05, 4.69) is 108 Å². The molecular weight excluding hydrogens is 446 g/mol. The number of hydrogen-bond donors (Lipinski definition) is 0. The first kappa shape index (κ1) is 19.0. The maximum Gasteiger partial charge on any atom is 0.143 e. The van der Waals surface area contributed by atoms with Crippen molar-refractivity contribution in [3.05, 3.63) is 115 Å². The lowest BCUT2D eigenvalue weighted by atomic mass is 10.0. The third kappa shape index (κ3) is 2.76. The second kappa shape index (κ2) is 7.08. The molecule has 8 rings (SSSR count). The third-order valence-electron chi connectivity index (χ3n) is 7.04. The van der Waals surface area contributed by atoms with E-state index in [4.69, 9.17) is 4.42 Å². The number of para-hydroxylation sites is 2. The molecule has 0 radical (unpaired) electrons. The van der Waals surface area contributed by atoms with Crippen LogP contribution in [-0.2, 0) is 0 Å². The van der Waals surface area contributed by atoms with Crippen molar-refractivity contribution in [2.75, 3.05) is 0 Å². The van der Waals surface area contributed by atoms with Crippen molar-refractivity contribution in [3.8, 4) is 16.8 Å². The maximum atomic E-state index is 6.29. The molecule has 2 nitrogen and oxygen atoms in total. The summed E-state index contributed by atoms with van der Waals surface area (Å²) in [7, 11) is 0. The number of benzene rings is 5. The Kier molecular flexibility index (Phi) is 3.85. The molecule has 164 valence electrons. The van der Waals surface area contributed by atoms with Crippen LogP contribution in [0, 0.1) is 0 Å². The Morgan fingerprint density at radius 2 is 1.43 bits per heavy atom. The van der Waals surface area contributed by atoms with E-state index in [9.17, 15) is 0 Å². The van der Waals surface area contributed by atoms with Crippen molar-refractivity contribution in [2.45, 2.75) is 0 Å². The fourth-order valence-corrected chi connectivity index (χ4v) is 6.46. The first-order valence-electron chi connectivity index (χ1n) is 11.8. The van der Waals surface area contributed by atoms with E-state index in [1.54, 1.807) is 0 Å². The fraction of sp³-hybridized carbons (Fsp3) is 0. The van der Waals surface area contributed by atoms with Crippen molar-refractivity contribution in [1.82, 2.24) is 4.57 Å². The van der Waals surface area contributed by atoms with Gasteiger partial charge >= 0.3 is 0 Å². The standard InChI is InChI=1S/C32H19NOS/c1-3-10-29-24(6-1)26-9-5-8-23(32(26)34-29)20-12-14-28-21(18-20)16-17-33(28)22-13-15-31-27(19-22)25-7-2-4-11-30(25)35-31/h1-19H. The second-order valence-electron chi connectivity index (χ2n) is 9.02. The van der Waals surface area contributed by atoms with E-state index >= 15 is 0 Å². The van der Waals surface area contributed by atoms with Crippen LogP contribution in [-0.4, -0.2) is 4.57 Å². The topological polar surface area (TPSA) is 18.1 Å². The van der Waals surface area contributed by atoms with E-state index in [1.807, 2.05) is 23.5 Å². The molecule has 8 aromatic rings. The molecule has 3 aromatic heterocycles. The van der Waals surface area contributed by atoms with Crippen LogP contribution in [0.3, 0.4) is 0 Å². The highest BCUT2D eigenvalue weighted by Crippen LogP contribution is 2.38. The van der Waals surface area contributed by atoms with E-state index < -0.39 is 0 Å². The Morgan fingerprint density at radius 3 is 2.40 bits per heavy atom. The molecule has 0 saturated heterocycles. The van der Waals surface area contributed by atoms with Gasteiger partial charge < -0.3 is 8.98 Å². The zero-order chi connectivity index (χ0) is 22.9. The van der Waals surface area contributed by atoms with Crippen LogP contribution >= 0.6 is 11.3 Å². The molecule has 0 aliphatic carbocycles. The first-order chi connectivity index (χ1) is 17.3. The van der Waals surface area contributed by atoms with Gasteiger partial charge in [-0.3, -0.25) is 0 Å². The Labute approximate surface area is 205 Å². The van der Waals surface area contributed by atoms with Crippen molar-refractivity contribution in [2.24, 2.45) is 0 Å². The zero-order valence-electron chi connectivity index (χ0n) is 18.7. The summed E-state index contributed by atoms with van der Waals surface area (Å²) in [4.78, 5) is 0. The molecule has 0 spiro atoms. The lowest BCUT2D eigenvalue weighted by molar-refractivity contribution is 0.670. The van der Waals surface area contributed by atoms with Gasteiger partial charge in [0.15, 0.2) is 0 Å². The zero-order valence-corrected chi connectivity index (χ0v) is 19.5. The molecule has 3 heterocycles. The van der Waals surface area contributed by atoms with Gasteiger partial charge in [-0.15, -0.1) is 11.3 Å². The van der Waals surface area contributed by atoms with Gasteiger partial charge in [0.05, 0.1) is 5.52 Å². The number of fused-ring (bicyclic) bond motifs is 7. The van der Waals surface area contributed by atoms with Gasteiger partial charge in [-0.2, -0.15) is 0 Å². The van der Waals surface area contributed by atoms with Gasteiger partial charge in [-0.25, -0.2) is 0 Å². The smallest absolute Gasteiger partial charge is 0.143 e. The quantitative estimate of drug-likeness (QED) is 0.248. The molecule has 0 saturated carbocycles. The summed E-state index contributed by atoms with van der Waals surface area (Å²) in [6.07, 6.45) is 2.17. The average Bonchev–Trinajstić information content (AvgIpc) is 3.60. The van der Waals surface area contributed by atoms with Crippen LogP contribution in [0.2, 0.25) is 0 Å². The van der Waals surface area contributed by atoms with Crippen LogP contribution in [0.15, 0.2) is 120 Å². The van der Waals surface area contributed by atoms with Crippen LogP contribution in [0.4, 0.5) is 0 Å². The van der Waals surface area contributed by atoms with Crippen molar-refractivity contribution >= 4 is 64.4 Å². The predicted molar refractivity (Wildman–Crippen MR) is 149 cm³/mol. The van der Waals surface area contributed by atoms with Gasteiger partial charge in [0.1, 0.15) is 11.2 Å². The average molecular weight is 466 g/mol. The summed E-state index contributed by atoms with van der Waals surface area (Å²) in [5, 5.41) is 6.18. The van der Waals surface area contributed by atoms with Crippen molar-refractivity contribution in [1.29, 1.82) is 0 Å². The van der Waals surface area contributed by atoms with Crippen LogP contribution in [0.1, 0.15) is 0 Å². The maximum absolute atomic E-state index is 6.29. The molecule has 35 heavy (non-hydrogen) atoms. The summed E-state index contributed by atoms with van der Waals surface area (Å²) in [5.41, 5.74) is 6.55. The van der Waals surface area contributed by atoms with Crippen LogP contribution in [0.5, 0.6) is 0 Å². The number of nitrogens with zero attached hydrogens (tertiary/aromatic N) is 1.